The van der Waals surface area contributed by atoms with Crippen LogP contribution in [0.5, 0.6) is 0 Å². The first-order chi connectivity index (χ1) is 11.9. The third kappa shape index (κ3) is 4.24. The summed E-state index contributed by atoms with van der Waals surface area (Å²) in [5, 5.41) is 0. The van der Waals surface area contributed by atoms with Gasteiger partial charge >= 0.3 is 0 Å². The van der Waals surface area contributed by atoms with E-state index >= 15 is 0 Å². The molecule has 2 aromatic rings. The summed E-state index contributed by atoms with van der Waals surface area (Å²) < 4.78 is 32.3. The average Bonchev–Trinajstić information content (AvgIpc) is 3.00. The molecule has 1 saturated heterocycles. The maximum Gasteiger partial charge on any atom is 0.223 e. The number of amides is 1. The van der Waals surface area contributed by atoms with E-state index in [-0.39, 0.29) is 17.2 Å². The number of aryl methyl sites for hydroxylation is 1. The first-order valence-corrected chi connectivity index (χ1v) is 8.60. The zero-order valence-electron chi connectivity index (χ0n) is 14.5. The van der Waals surface area contributed by atoms with Crippen LogP contribution < -0.4 is 0 Å². The second-order valence-electron chi connectivity index (χ2n) is 6.99. The number of hydrogen-bond donors (Lipinski definition) is 0. The van der Waals surface area contributed by atoms with E-state index in [0.717, 1.165) is 25.6 Å². The molecule has 0 radical (unpaired) electrons. The summed E-state index contributed by atoms with van der Waals surface area (Å²) in [5.74, 6) is 0.396. The van der Waals surface area contributed by atoms with Crippen LogP contribution >= 0.6 is 0 Å². The lowest BCUT2D eigenvalue weighted by Crippen LogP contribution is -2.42. The third-order valence-electron chi connectivity index (χ3n) is 4.52. The summed E-state index contributed by atoms with van der Waals surface area (Å²) in [6.07, 6.45) is 3.23. The largest absolute Gasteiger partial charge is 0.441 e. The minimum atomic E-state index is -0.699. The highest BCUT2D eigenvalue weighted by atomic mass is 19.1. The lowest BCUT2D eigenvalue weighted by atomic mass is 9.91. The Morgan fingerprint density at radius 2 is 2.00 bits per heavy atom. The minimum Gasteiger partial charge on any atom is -0.441 e. The predicted octanol–water partition coefficient (Wildman–Crippen LogP) is 4.06. The second-order valence-corrected chi connectivity index (χ2v) is 6.99. The fraction of sp³-hybridized carbons (Fsp3) is 0.474. The van der Waals surface area contributed by atoms with Crippen molar-refractivity contribution in [2.24, 2.45) is 11.8 Å². The van der Waals surface area contributed by atoms with Gasteiger partial charge in [-0.25, -0.2) is 13.8 Å². The quantitative estimate of drug-likeness (QED) is 0.837. The highest BCUT2D eigenvalue weighted by molar-refractivity contribution is 5.76. The number of benzene rings is 1. The van der Waals surface area contributed by atoms with Gasteiger partial charge in [-0.1, -0.05) is 13.8 Å². The van der Waals surface area contributed by atoms with Gasteiger partial charge in [0, 0.05) is 32.0 Å². The molecule has 2 atom stereocenters. The van der Waals surface area contributed by atoms with E-state index in [4.69, 9.17) is 4.42 Å². The number of rotatable bonds is 4. The minimum absolute atomic E-state index is 0.0890. The van der Waals surface area contributed by atoms with Gasteiger partial charge in [0.2, 0.25) is 5.91 Å². The van der Waals surface area contributed by atoms with Crippen molar-refractivity contribution in [2.45, 2.75) is 33.1 Å². The van der Waals surface area contributed by atoms with E-state index in [9.17, 15) is 13.6 Å². The molecule has 4 nitrogen and oxygen atoms in total. The fourth-order valence-corrected chi connectivity index (χ4v) is 3.48. The molecule has 2 heterocycles. The van der Waals surface area contributed by atoms with Crippen molar-refractivity contribution in [2.75, 3.05) is 13.1 Å². The Hall–Kier alpha value is -2.24. The second kappa shape index (κ2) is 7.33. The average molecular weight is 348 g/mol. The normalized spacial score (nSPS) is 20.7. The number of piperidine rings is 1. The van der Waals surface area contributed by atoms with Crippen molar-refractivity contribution in [3.05, 3.63) is 41.9 Å². The number of nitrogens with zero attached hydrogens (tertiary/aromatic N) is 2. The monoisotopic (exact) mass is 348 g/mol. The molecule has 0 saturated carbocycles. The van der Waals surface area contributed by atoms with Gasteiger partial charge in [-0.05, 0) is 30.4 Å². The number of likely N-dealkylation sites (tertiary alicyclic amines) is 1. The number of hydrogen-bond acceptors (Lipinski definition) is 3. The molecule has 6 heteroatoms. The van der Waals surface area contributed by atoms with Gasteiger partial charge in [0.1, 0.15) is 11.6 Å². The zero-order chi connectivity index (χ0) is 18.0. The SMILES string of the molecule is C[C@@H]1C[C@@H](C)CN(C(=O)CCc2ncc(-c3ccc(F)cc3F)o2)C1. The van der Waals surface area contributed by atoms with Crippen molar-refractivity contribution in [1.29, 1.82) is 0 Å². The van der Waals surface area contributed by atoms with Crippen LogP contribution in [-0.2, 0) is 11.2 Å². The van der Waals surface area contributed by atoms with E-state index in [1.807, 2.05) is 4.90 Å². The number of carbonyl (C=O) groups is 1. The summed E-state index contributed by atoms with van der Waals surface area (Å²) >= 11 is 0. The third-order valence-corrected chi connectivity index (χ3v) is 4.52. The molecular formula is C19H22F2N2O2. The Labute approximate surface area is 145 Å². The highest BCUT2D eigenvalue weighted by Crippen LogP contribution is 2.25. The Balaban J connectivity index is 1.61. The summed E-state index contributed by atoms with van der Waals surface area (Å²) in [5.41, 5.74) is 0.158. The summed E-state index contributed by atoms with van der Waals surface area (Å²) in [6.45, 7) is 5.91. The zero-order valence-corrected chi connectivity index (χ0v) is 14.5. The van der Waals surface area contributed by atoms with Crippen LogP contribution in [0.4, 0.5) is 8.78 Å². The molecule has 25 heavy (non-hydrogen) atoms. The topological polar surface area (TPSA) is 46.3 Å². The Bertz CT molecular complexity index is 750. The van der Waals surface area contributed by atoms with E-state index in [2.05, 4.69) is 18.8 Å². The van der Waals surface area contributed by atoms with Crippen molar-refractivity contribution in [1.82, 2.24) is 9.88 Å². The van der Waals surface area contributed by atoms with Crippen LogP contribution in [0, 0.1) is 23.5 Å². The molecule has 1 aromatic carbocycles. The molecular weight excluding hydrogens is 326 g/mol. The standard InChI is InChI=1S/C19H22F2N2O2/c1-12-7-13(2)11-23(10-12)19(24)6-5-18-22-9-17(25-18)15-4-3-14(20)8-16(15)21/h3-4,8-9,12-13H,5-7,10-11H2,1-2H3/t12-,13-/m1/s1. The van der Waals surface area contributed by atoms with Gasteiger partial charge in [0.25, 0.3) is 0 Å². The van der Waals surface area contributed by atoms with Gasteiger partial charge in [0.05, 0.1) is 11.8 Å². The first-order valence-electron chi connectivity index (χ1n) is 8.60. The Kier molecular flexibility index (Phi) is 5.16. The number of carbonyl (C=O) groups excluding carboxylic acids is 1. The van der Waals surface area contributed by atoms with E-state index in [0.29, 0.717) is 30.6 Å². The van der Waals surface area contributed by atoms with Crippen LogP contribution in [-0.4, -0.2) is 28.9 Å². The highest BCUT2D eigenvalue weighted by Gasteiger charge is 2.25. The van der Waals surface area contributed by atoms with E-state index in [1.165, 1.54) is 18.3 Å². The van der Waals surface area contributed by atoms with Crippen LogP contribution in [0.1, 0.15) is 32.6 Å². The number of oxazole rings is 1. The van der Waals surface area contributed by atoms with Crippen LogP contribution in [0.15, 0.2) is 28.8 Å². The van der Waals surface area contributed by atoms with Crippen molar-refractivity contribution >= 4 is 5.91 Å². The molecule has 0 unspecified atom stereocenters. The van der Waals surface area contributed by atoms with Gasteiger partial charge in [0.15, 0.2) is 11.7 Å². The molecule has 1 aromatic heterocycles. The molecule has 1 aliphatic heterocycles. The van der Waals surface area contributed by atoms with Crippen molar-refractivity contribution in [3.63, 3.8) is 0 Å². The molecule has 0 spiro atoms. The van der Waals surface area contributed by atoms with Gasteiger partial charge < -0.3 is 9.32 Å². The Morgan fingerprint density at radius 1 is 1.28 bits per heavy atom. The molecule has 1 fully saturated rings. The first kappa shape index (κ1) is 17.6. The van der Waals surface area contributed by atoms with Crippen LogP contribution in [0.2, 0.25) is 0 Å². The molecule has 0 aliphatic carbocycles. The fourth-order valence-electron chi connectivity index (χ4n) is 3.48. The molecule has 0 bridgehead atoms. The molecule has 3 rings (SSSR count). The van der Waals surface area contributed by atoms with E-state index in [1.54, 1.807) is 0 Å². The maximum atomic E-state index is 13.8. The Morgan fingerprint density at radius 3 is 2.68 bits per heavy atom. The number of halogens is 2. The summed E-state index contributed by atoms with van der Waals surface area (Å²) in [4.78, 5) is 18.4. The van der Waals surface area contributed by atoms with Gasteiger partial charge in [-0.2, -0.15) is 0 Å². The molecule has 1 aliphatic rings. The van der Waals surface area contributed by atoms with Crippen LogP contribution in [0.25, 0.3) is 11.3 Å². The van der Waals surface area contributed by atoms with Crippen molar-refractivity contribution in [3.8, 4) is 11.3 Å². The molecule has 1 amide bonds. The predicted molar refractivity (Wildman–Crippen MR) is 89.7 cm³/mol. The van der Waals surface area contributed by atoms with Crippen LogP contribution in [0.3, 0.4) is 0 Å². The maximum absolute atomic E-state index is 13.8. The van der Waals surface area contributed by atoms with E-state index < -0.39 is 11.6 Å². The van der Waals surface area contributed by atoms with Gasteiger partial charge in [-0.15, -0.1) is 0 Å². The van der Waals surface area contributed by atoms with Gasteiger partial charge in [-0.3, -0.25) is 4.79 Å². The van der Waals surface area contributed by atoms with Crippen molar-refractivity contribution < 1.29 is 18.0 Å². The number of aromatic nitrogens is 1. The lowest BCUT2D eigenvalue weighted by molar-refractivity contribution is -0.133. The molecule has 134 valence electrons. The smallest absolute Gasteiger partial charge is 0.223 e. The lowest BCUT2D eigenvalue weighted by Gasteiger charge is -2.35. The summed E-state index contributed by atoms with van der Waals surface area (Å²) in [7, 11) is 0. The summed E-state index contributed by atoms with van der Waals surface area (Å²) in [6, 6.07) is 3.29. The molecule has 0 N–H and O–H groups in total.